The number of carbonyl (C=O) groups is 3. The minimum atomic E-state index is -0.940. The fourth-order valence-electron chi connectivity index (χ4n) is 5.18. The second-order valence-electron chi connectivity index (χ2n) is 13.1. The van der Waals surface area contributed by atoms with Crippen LogP contribution in [0.1, 0.15) is 168 Å². The highest BCUT2D eigenvalue weighted by molar-refractivity contribution is 5.70. The van der Waals surface area contributed by atoms with E-state index in [1.54, 1.807) is 0 Å². The molecular weight excluding hydrogens is 656 g/mol. The van der Waals surface area contributed by atoms with Gasteiger partial charge >= 0.3 is 18.0 Å². The van der Waals surface area contributed by atoms with Gasteiger partial charge in [0.15, 0.2) is 0 Å². The van der Waals surface area contributed by atoms with Gasteiger partial charge in [0.1, 0.15) is 13.2 Å². The lowest BCUT2D eigenvalue weighted by Gasteiger charge is -2.15. The van der Waals surface area contributed by atoms with Gasteiger partial charge in [0.2, 0.25) is 0 Å². The van der Waals surface area contributed by atoms with Gasteiger partial charge in [-0.05, 0) is 32.1 Å². The Morgan fingerprint density at radius 2 is 0.961 bits per heavy atom. The Hall–Kier alpha value is -2.69. The molecule has 0 saturated heterocycles. The zero-order valence-corrected chi connectivity index (χ0v) is 31.9. The molecule has 0 aromatic rings. The second kappa shape index (κ2) is 41.7. The smallest absolute Gasteiger partial charge is 0.335 e. The van der Waals surface area contributed by atoms with E-state index in [0.717, 1.165) is 44.9 Å². The quantitative estimate of drug-likeness (QED) is 0.00994. The topological polar surface area (TPSA) is 209 Å². The summed E-state index contributed by atoms with van der Waals surface area (Å²) in [5, 5.41) is 46.3. The number of rotatable bonds is 31. The standard InChI is InChI=1S/C19H36O4.C19H34O4.CH4N2O2/c2*1-3-4-5-6-7-8-9-10-11-12-13-14-18(21)15-19(22)16-23-17(2)20;2-1(4)3-5/h3,18-19,21-22H,1,4-16H2,2H3;1,18-19,21-22H,4-16H2,2H3;5H,(H3,2,3,4). The summed E-state index contributed by atoms with van der Waals surface area (Å²) in [7, 11) is 0. The van der Waals surface area contributed by atoms with Crippen molar-refractivity contribution in [1.82, 2.24) is 5.48 Å². The van der Waals surface area contributed by atoms with E-state index in [2.05, 4.69) is 18.2 Å². The number of hydrogen-bond donors (Lipinski definition) is 7. The first-order valence-corrected chi connectivity index (χ1v) is 19.1. The van der Waals surface area contributed by atoms with E-state index in [1.807, 2.05) is 6.08 Å². The molecule has 0 aliphatic rings. The highest BCUT2D eigenvalue weighted by Gasteiger charge is 2.14. The predicted molar refractivity (Wildman–Crippen MR) is 202 cm³/mol. The van der Waals surface area contributed by atoms with Crippen molar-refractivity contribution in [2.24, 2.45) is 5.73 Å². The van der Waals surface area contributed by atoms with Gasteiger partial charge in [0, 0.05) is 33.1 Å². The van der Waals surface area contributed by atoms with Crippen LogP contribution in [0.5, 0.6) is 0 Å². The summed E-state index contributed by atoms with van der Waals surface area (Å²) >= 11 is 0. The van der Waals surface area contributed by atoms with Crippen molar-refractivity contribution in [3.63, 3.8) is 0 Å². The zero-order valence-electron chi connectivity index (χ0n) is 31.9. The Morgan fingerprint density at radius 3 is 1.25 bits per heavy atom. The molecule has 300 valence electrons. The first-order valence-electron chi connectivity index (χ1n) is 19.1. The maximum absolute atomic E-state index is 10.6. The van der Waals surface area contributed by atoms with Crippen molar-refractivity contribution in [2.45, 2.75) is 192 Å². The summed E-state index contributed by atoms with van der Waals surface area (Å²) < 4.78 is 9.42. The first-order chi connectivity index (χ1) is 24.4. The summed E-state index contributed by atoms with van der Waals surface area (Å²) in [5.41, 5.74) is 5.46. The molecule has 0 radical (unpaired) electrons. The lowest BCUT2D eigenvalue weighted by atomic mass is 10.0. The van der Waals surface area contributed by atoms with Crippen LogP contribution >= 0.6 is 0 Å². The molecule has 0 fully saturated rings. The lowest BCUT2D eigenvalue weighted by molar-refractivity contribution is -0.145. The van der Waals surface area contributed by atoms with Crippen molar-refractivity contribution >= 4 is 18.0 Å². The van der Waals surface area contributed by atoms with Gasteiger partial charge in [0.25, 0.3) is 0 Å². The van der Waals surface area contributed by atoms with Crippen LogP contribution in [-0.2, 0) is 19.1 Å². The van der Waals surface area contributed by atoms with E-state index in [-0.39, 0.29) is 26.1 Å². The van der Waals surface area contributed by atoms with E-state index in [0.29, 0.717) is 12.8 Å². The Bertz CT molecular complexity index is 852. The molecule has 4 atom stereocenters. The third-order valence-electron chi connectivity index (χ3n) is 7.96. The Labute approximate surface area is 308 Å². The third kappa shape index (κ3) is 51.8. The van der Waals surface area contributed by atoms with E-state index < -0.39 is 42.4 Å². The molecule has 0 aromatic carbocycles. The molecule has 0 saturated carbocycles. The van der Waals surface area contributed by atoms with Gasteiger partial charge < -0.3 is 35.6 Å². The third-order valence-corrected chi connectivity index (χ3v) is 7.96. The van der Waals surface area contributed by atoms with E-state index in [9.17, 15) is 34.8 Å². The number of hydroxylamine groups is 1. The molecule has 0 heterocycles. The summed E-state index contributed by atoms with van der Waals surface area (Å²) in [5.74, 6) is 1.86. The summed E-state index contributed by atoms with van der Waals surface area (Å²) in [6, 6.07) is -0.940. The Balaban J connectivity index is -0.000000796. The number of nitrogens with two attached hydrogens (primary N) is 1. The fraction of sp³-hybridized carbons (Fsp3) is 0.821. The molecule has 0 aliphatic carbocycles. The fourth-order valence-corrected chi connectivity index (χ4v) is 5.18. The van der Waals surface area contributed by atoms with E-state index in [1.165, 1.54) is 103 Å². The largest absolute Gasteiger partial charge is 0.463 e. The Kier molecular flexibility index (Phi) is 43.1. The van der Waals surface area contributed by atoms with Crippen molar-refractivity contribution < 1.29 is 49.5 Å². The van der Waals surface area contributed by atoms with Crippen LogP contribution in [0.2, 0.25) is 0 Å². The highest BCUT2D eigenvalue weighted by Crippen LogP contribution is 2.15. The summed E-state index contributed by atoms with van der Waals surface area (Å²) in [6.07, 6.45) is 30.5. The molecule has 0 bridgehead atoms. The maximum Gasteiger partial charge on any atom is 0.335 e. The number of hydrogen-bond acceptors (Lipinski definition) is 10. The van der Waals surface area contributed by atoms with E-state index in [4.69, 9.17) is 21.1 Å². The minimum Gasteiger partial charge on any atom is -0.463 e. The van der Waals surface area contributed by atoms with Gasteiger partial charge in [-0.2, -0.15) is 0 Å². The summed E-state index contributed by atoms with van der Waals surface area (Å²) in [4.78, 5) is 30.5. The molecule has 12 heteroatoms. The van der Waals surface area contributed by atoms with Gasteiger partial charge in [-0.25, -0.2) is 10.3 Å². The van der Waals surface area contributed by atoms with E-state index >= 15 is 0 Å². The molecular formula is C39H74N2O10. The molecule has 0 rings (SSSR count). The number of ether oxygens (including phenoxy) is 2. The van der Waals surface area contributed by atoms with Crippen LogP contribution in [-0.4, -0.2) is 81.2 Å². The average molecular weight is 731 g/mol. The number of carbonyl (C=O) groups excluding carboxylic acids is 3. The molecule has 0 aromatic heterocycles. The van der Waals surface area contributed by atoms with Crippen LogP contribution < -0.4 is 11.2 Å². The normalized spacial score (nSPS) is 12.7. The van der Waals surface area contributed by atoms with Crippen LogP contribution in [0.15, 0.2) is 12.7 Å². The number of terminal acetylenes is 1. The second-order valence-corrected chi connectivity index (χ2v) is 13.1. The molecule has 51 heavy (non-hydrogen) atoms. The number of unbranched alkanes of at least 4 members (excludes halogenated alkanes) is 18. The number of amides is 2. The Morgan fingerprint density at radius 1 is 0.647 bits per heavy atom. The van der Waals surface area contributed by atoms with Gasteiger partial charge in [-0.3, -0.25) is 14.8 Å². The number of esters is 2. The molecule has 0 spiro atoms. The maximum atomic E-state index is 10.6. The monoisotopic (exact) mass is 731 g/mol. The lowest BCUT2D eigenvalue weighted by Crippen LogP contribution is -2.25. The van der Waals surface area contributed by atoms with Crippen LogP contribution in [0.4, 0.5) is 4.79 Å². The van der Waals surface area contributed by atoms with Crippen LogP contribution in [0, 0.1) is 12.3 Å². The van der Waals surface area contributed by atoms with Gasteiger partial charge in [-0.1, -0.05) is 109 Å². The molecule has 8 N–H and O–H groups in total. The SMILES string of the molecule is C#CCCCCCCCCCCCC(O)CC(O)COC(C)=O.C=CCCCCCCCCCCCC(O)CC(O)COC(C)=O.NC(=O)NO. The van der Waals surface area contributed by atoms with Gasteiger partial charge in [-0.15, -0.1) is 18.9 Å². The van der Waals surface area contributed by atoms with Crippen molar-refractivity contribution in [1.29, 1.82) is 0 Å². The van der Waals surface area contributed by atoms with Crippen LogP contribution in [0.25, 0.3) is 0 Å². The van der Waals surface area contributed by atoms with Crippen molar-refractivity contribution in [3.05, 3.63) is 12.7 Å². The van der Waals surface area contributed by atoms with Crippen molar-refractivity contribution in [3.8, 4) is 12.3 Å². The van der Waals surface area contributed by atoms with Crippen molar-refractivity contribution in [2.75, 3.05) is 13.2 Å². The van der Waals surface area contributed by atoms with Crippen LogP contribution in [0.3, 0.4) is 0 Å². The number of aliphatic hydroxyl groups excluding tert-OH is 4. The number of urea groups is 1. The number of primary amides is 1. The number of aliphatic hydroxyl groups is 4. The molecule has 2 amide bonds. The average Bonchev–Trinajstić information content (AvgIpc) is 3.08. The minimum absolute atomic E-state index is 0.0286. The zero-order chi connectivity index (χ0) is 39.0. The number of nitrogens with one attached hydrogen (secondary N) is 1. The molecule has 4 unspecified atom stereocenters. The predicted octanol–water partition coefficient (Wildman–Crippen LogP) is 6.77. The number of allylic oxidation sites excluding steroid dienone is 1. The molecule has 0 aliphatic heterocycles. The highest BCUT2D eigenvalue weighted by atomic mass is 16.5. The molecule has 12 nitrogen and oxygen atoms in total. The van der Waals surface area contributed by atoms with Gasteiger partial charge in [0.05, 0.1) is 24.4 Å². The first kappa shape index (κ1) is 52.7. The summed E-state index contributed by atoms with van der Waals surface area (Å²) in [6.45, 7) is 6.28.